The molecule has 1 aromatic rings. The van der Waals surface area contributed by atoms with E-state index in [9.17, 15) is 0 Å². The van der Waals surface area contributed by atoms with Gasteiger partial charge in [-0.15, -0.1) is 12.1 Å². The van der Waals surface area contributed by atoms with E-state index in [2.05, 4.69) is 17.0 Å². The normalized spacial score (nSPS) is 12.7. The van der Waals surface area contributed by atoms with E-state index in [1.54, 1.807) is 7.11 Å². The molecule has 0 spiro atoms. The van der Waals surface area contributed by atoms with Crippen molar-refractivity contribution in [3.8, 4) is 5.75 Å². The predicted molar refractivity (Wildman–Crippen MR) is 63.9 cm³/mol. The second kappa shape index (κ2) is 7.24. The van der Waals surface area contributed by atoms with Gasteiger partial charge < -0.3 is 17.1 Å². The van der Waals surface area contributed by atoms with Crippen LogP contribution in [0.4, 0.5) is 5.69 Å². The van der Waals surface area contributed by atoms with Crippen molar-refractivity contribution in [1.29, 1.82) is 0 Å². The zero-order valence-electron chi connectivity index (χ0n) is 9.44. The van der Waals surface area contributed by atoms with Crippen LogP contribution in [0.3, 0.4) is 0 Å². The zero-order valence-corrected chi connectivity index (χ0v) is 11.1. The Morgan fingerprint density at radius 2 is 2.19 bits per heavy atom. The molecule has 0 N–H and O–H groups in total. The van der Waals surface area contributed by atoms with Gasteiger partial charge in [-0.2, -0.15) is 12.1 Å². The fourth-order valence-electron chi connectivity index (χ4n) is 1.37. The minimum atomic E-state index is 0. The molecule has 0 aliphatic carbocycles. The number of benzene rings is 1. The Balaban J connectivity index is 0.00000112. The molecule has 87 valence electrons. The molecule has 0 aromatic heterocycles. The van der Waals surface area contributed by atoms with Crippen molar-refractivity contribution >= 4 is 5.69 Å². The van der Waals surface area contributed by atoms with E-state index in [0.717, 1.165) is 18.0 Å². The van der Waals surface area contributed by atoms with Gasteiger partial charge in [-0.05, 0) is 6.08 Å². The van der Waals surface area contributed by atoms with Crippen LogP contribution < -0.4 is 9.64 Å². The first-order chi connectivity index (χ1) is 6.90. The third-order valence-corrected chi connectivity index (χ3v) is 2.12. The number of anilines is 1. The molecule has 1 radical (unpaired) electrons. The molecule has 0 amide bonds. The summed E-state index contributed by atoms with van der Waals surface area (Å²) in [5, 5.41) is 0. The van der Waals surface area contributed by atoms with Gasteiger partial charge in [-0.25, -0.2) is 0 Å². The van der Waals surface area contributed by atoms with Crippen LogP contribution in [0.25, 0.3) is 0 Å². The molecule has 0 fully saturated rings. The van der Waals surface area contributed by atoms with E-state index in [1.165, 1.54) is 0 Å². The molecule has 3 heteroatoms. The molecule has 16 heavy (non-hydrogen) atoms. The quantitative estimate of drug-likeness (QED) is 0.615. The van der Waals surface area contributed by atoms with Crippen molar-refractivity contribution in [3.63, 3.8) is 0 Å². The van der Waals surface area contributed by atoms with Gasteiger partial charge >= 0.3 is 19.5 Å². The van der Waals surface area contributed by atoms with E-state index in [1.807, 2.05) is 36.6 Å². The second-order valence-corrected chi connectivity index (χ2v) is 3.04. The number of ether oxygens (including phenoxy) is 1. The van der Waals surface area contributed by atoms with Crippen molar-refractivity contribution in [2.24, 2.45) is 0 Å². The summed E-state index contributed by atoms with van der Waals surface area (Å²) >= 11 is 0. The molecule has 0 bridgehead atoms. The topological polar surface area (TPSA) is 12.5 Å². The van der Waals surface area contributed by atoms with Crippen LogP contribution >= 0.6 is 0 Å². The third kappa shape index (κ3) is 3.50. The molecular formula is C13H15NORh. The minimum Gasteiger partial charge on any atom is -0.522 e. The molecule has 1 aliphatic rings. The monoisotopic (exact) mass is 304 g/mol. The van der Waals surface area contributed by atoms with Gasteiger partial charge in [0.1, 0.15) is 0 Å². The van der Waals surface area contributed by atoms with Crippen LogP contribution in [0.15, 0.2) is 42.6 Å². The Hall–Kier alpha value is -1.08. The van der Waals surface area contributed by atoms with Crippen molar-refractivity contribution in [2.75, 3.05) is 18.6 Å². The molecule has 1 aromatic carbocycles. The number of nitrogens with zero attached hydrogens (tertiary/aromatic N) is 1. The van der Waals surface area contributed by atoms with Crippen LogP contribution in [-0.2, 0) is 19.5 Å². The maximum Gasteiger partial charge on any atom is 2.00 e. The van der Waals surface area contributed by atoms with E-state index in [4.69, 9.17) is 4.74 Å². The fourth-order valence-corrected chi connectivity index (χ4v) is 1.37. The Morgan fingerprint density at radius 3 is 2.81 bits per heavy atom. The molecule has 2 rings (SSSR count). The van der Waals surface area contributed by atoms with Crippen LogP contribution in [-0.4, -0.2) is 13.7 Å². The van der Waals surface area contributed by atoms with Crippen LogP contribution in [0.2, 0.25) is 0 Å². The van der Waals surface area contributed by atoms with Crippen molar-refractivity contribution in [2.45, 2.75) is 0 Å². The van der Waals surface area contributed by atoms with Gasteiger partial charge in [-0.1, -0.05) is 17.8 Å². The summed E-state index contributed by atoms with van der Waals surface area (Å²) < 4.78 is 5.16. The molecule has 0 saturated heterocycles. The average Bonchev–Trinajstić information content (AvgIpc) is 2.30. The number of hydrogen-bond donors (Lipinski definition) is 0. The summed E-state index contributed by atoms with van der Waals surface area (Å²) in [6.07, 6.45) is 8.19. The van der Waals surface area contributed by atoms with Gasteiger partial charge in [0.05, 0.1) is 7.11 Å². The standard InChI is InChI=1S/C12H12NO.CH3.Rh/c1-14-12-7-5-6-11(10-12)13-8-3-2-4-9-13;;/h2-5,7-8,10H,9H2,1H3;1H3;/q2*-1;+2. The first-order valence-electron chi connectivity index (χ1n) is 4.56. The Labute approximate surface area is 110 Å². The molecule has 2 nitrogen and oxygen atoms in total. The second-order valence-electron chi connectivity index (χ2n) is 3.04. The van der Waals surface area contributed by atoms with E-state index in [0.29, 0.717) is 0 Å². The smallest absolute Gasteiger partial charge is 0.522 e. The molecule has 1 aliphatic heterocycles. The van der Waals surface area contributed by atoms with Gasteiger partial charge in [0.25, 0.3) is 0 Å². The number of hydrogen-bond acceptors (Lipinski definition) is 2. The van der Waals surface area contributed by atoms with Gasteiger partial charge in [0.15, 0.2) is 0 Å². The van der Waals surface area contributed by atoms with Crippen LogP contribution in [0.1, 0.15) is 0 Å². The Kier molecular flexibility index (Phi) is 6.75. The largest absolute Gasteiger partial charge is 2.00 e. The summed E-state index contributed by atoms with van der Waals surface area (Å²) in [5.74, 6) is 0.863. The Bertz CT molecular complexity index is 374. The summed E-state index contributed by atoms with van der Waals surface area (Å²) in [7, 11) is 1.67. The van der Waals surface area contributed by atoms with Crippen molar-refractivity contribution < 1.29 is 24.2 Å². The molecule has 1 heterocycles. The van der Waals surface area contributed by atoms with Crippen molar-refractivity contribution in [1.82, 2.24) is 0 Å². The van der Waals surface area contributed by atoms with Crippen molar-refractivity contribution in [3.05, 3.63) is 56.1 Å². The number of methoxy groups -OCH3 is 1. The summed E-state index contributed by atoms with van der Waals surface area (Å²) in [4.78, 5) is 2.11. The summed E-state index contributed by atoms with van der Waals surface area (Å²) in [6.45, 7) is 0.889. The maximum absolute atomic E-state index is 5.16. The average molecular weight is 304 g/mol. The van der Waals surface area contributed by atoms with E-state index < -0.39 is 0 Å². The van der Waals surface area contributed by atoms with Crippen LogP contribution in [0, 0.1) is 13.5 Å². The summed E-state index contributed by atoms with van der Waals surface area (Å²) in [5.41, 5.74) is 1.03. The maximum atomic E-state index is 5.16. The molecule has 0 atom stereocenters. The van der Waals surface area contributed by atoms with E-state index >= 15 is 0 Å². The minimum absolute atomic E-state index is 0. The van der Waals surface area contributed by atoms with E-state index in [-0.39, 0.29) is 26.9 Å². The van der Waals surface area contributed by atoms with Gasteiger partial charge in [0.2, 0.25) is 0 Å². The SMILES string of the molecule is COc1cc[c-]c(N2C=CC=CC2)c1.[CH3-].[Rh+2]. The van der Waals surface area contributed by atoms with Crippen LogP contribution in [0.5, 0.6) is 5.75 Å². The third-order valence-electron chi connectivity index (χ3n) is 2.12. The number of allylic oxidation sites excluding steroid dienone is 2. The van der Waals surface area contributed by atoms with Gasteiger partial charge in [-0.3, -0.25) is 0 Å². The fraction of sp³-hybridized carbons (Fsp3) is 0.154. The summed E-state index contributed by atoms with van der Waals surface area (Å²) in [6, 6.07) is 8.92. The first-order valence-corrected chi connectivity index (χ1v) is 4.56. The van der Waals surface area contributed by atoms with Gasteiger partial charge in [0, 0.05) is 18.5 Å². The number of rotatable bonds is 2. The zero-order chi connectivity index (χ0) is 9.80. The molecule has 0 saturated carbocycles. The molecular weight excluding hydrogens is 289 g/mol. The Morgan fingerprint density at radius 1 is 1.38 bits per heavy atom. The molecule has 0 unspecified atom stereocenters. The predicted octanol–water partition coefficient (Wildman–Crippen LogP) is 2.83. The first kappa shape index (κ1) is 14.9.